The molecule has 0 aromatic heterocycles. The highest BCUT2D eigenvalue weighted by atomic mass is 15.2. The van der Waals surface area contributed by atoms with Crippen LogP contribution in [0.4, 0.5) is 11.4 Å². The second-order valence-corrected chi connectivity index (χ2v) is 13.9. The summed E-state index contributed by atoms with van der Waals surface area (Å²) in [7, 11) is 0. The second-order valence-electron chi connectivity index (χ2n) is 13.9. The van der Waals surface area contributed by atoms with Crippen LogP contribution in [0.2, 0.25) is 0 Å². The molecule has 0 saturated heterocycles. The molecule has 0 fully saturated rings. The van der Waals surface area contributed by atoms with Crippen molar-refractivity contribution in [2.75, 3.05) is 22.9 Å². The highest BCUT2D eigenvalue weighted by Gasteiger charge is 2.28. The van der Waals surface area contributed by atoms with Gasteiger partial charge < -0.3 is 15.5 Å². The summed E-state index contributed by atoms with van der Waals surface area (Å²) >= 11 is 0. The van der Waals surface area contributed by atoms with E-state index in [4.69, 9.17) is 5.73 Å². The van der Waals surface area contributed by atoms with Crippen molar-refractivity contribution in [3.8, 4) is 0 Å². The van der Waals surface area contributed by atoms with Crippen LogP contribution in [0.1, 0.15) is 55.9 Å². The standard InChI is InChI=1S/C49H49N3.C2H6/c1-3-48-45(37(2)17-8-7-15-32-51(48)43-24-13-6-14-25-43)30-27-39-28-31-46-42-23-16-20-40(33-42)36-52(49(46)34-39)44(29-26-38-18-9-4-10-19-38)35-47(50)41-21-11-5-12-22-41;1-2/h3-25,28-29,31,34-35,40,45H,2,26-27,30,32-33,36,50H2,1H3;1-2H3/b15-7-,17-8-,44-29+,47-35-,48-3+;. The van der Waals surface area contributed by atoms with Gasteiger partial charge in [0.2, 0.25) is 0 Å². The van der Waals surface area contributed by atoms with Gasteiger partial charge in [0.25, 0.3) is 0 Å². The summed E-state index contributed by atoms with van der Waals surface area (Å²) in [5.74, 6) is 0.587. The van der Waals surface area contributed by atoms with E-state index in [1.165, 1.54) is 39.3 Å². The number of rotatable bonds is 9. The molecule has 2 heterocycles. The highest BCUT2D eigenvalue weighted by molar-refractivity contribution is 5.83. The number of nitrogens with zero attached hydrogens (tertiary/aromatic N) is 2. The summed E-state index contributed by atoms with van der Waals surface area (Å²) in [4.78, 5) is 4.96. The van der Waals surface area contributed by atoms with Gasteiger partial charge in [-0.15, -0.1) is 0 Å². The molecule has 2 bridgehead atoms. The van der Waals surface area contributed by atoms with Gasteiger partial charge in [-0.2, -0.15) is 0 Å². The first-order chi connectivity index (χ1) is 26.6. The molecular formula is C51H55N3. The largest absolute Gasteiger partial charge is 0.398 e. The normalized spacial score (nSPS) is 20.4. The van der Waals surface area contributed by atoms with Gasteiger partial charge in [-0.25, -0.2) is 0 Å². The van der Waals surface area contributed by atoms with E-state index < -0.39 is 0 Å². The number of benzene rings is 4. The van der Waals surface area contributed by atoms with Crippen molar-refractivity contribution in [3.63, 3.8) is 0 Å². The zero-order valence-electron chi connectivity index (χ0n) is 32.2. The zero-order chi connectivity index (χ0) is 37.7. The van der Waals surface area contributed by atoms with Crippen molar-refractivity contribution in [1.29, 1.82) is 0 Å². The Morgan fingerprint density at radius 2 is 1.57 bits per heavy atom. The van der Waals surface area contributed by atoms with Crippen LogP contribution in [0.5, 0.6) is 0 Å². The SMILES string of the molecule is C=C1/C=C\C=C/CN(c2ccccc2)/C(=C/C)C1CCc1ccc2c(c1)N(C(/C=C(\N)c1ccccc1)=C/Cc1ccccc1)CC1C=CC=C2C1.CC. The fourth-order valence-electron chi connectivity index (χ4n) is 7.72. The van der Waals surface area contributed by atoms with Crippen LogP contribution in [-0.2, 0) is 12.8 Å². The average molecular weight is 710 g/mol. The molecule has 2 unspecified atom stereocenters. The van der Waals surface area contributed by atoms with Crippen LogP contribution >= 0.6 is 0 Å². The van der Waals surface area contributed by atoms with Gasteiger partial charge in [0, 0.05) is 53.0 Å². The van der Waals surface area contributed by atoms with Crippen LogP contribution in [0.25, 0.3) is 11.3 Å². The Bertz CT molecular complexity index is 2080. The minimum atomic E-state index is 0.178. The number of anilines is 2. The molecule has 7 rings (SSSR count). The summed E-state index contributed by atoms with van der Waals surface area (Å²) in [5, 5.41) is 0. The molecule has 2 atom stereocenters. The third-order valence-corrected chi connectivity index (χ3v) is 10.4. The molecule has 0 amide bonds. The molecule has 2 aliphatic heterocycles. The molecule has 0 spiro atoms. The first kappa shape index (κ1) is 37.9. The Kier molecular flexibility index (Phi) is 13.2. The maximum Gasteiger partial charge on any atom is 0.0490 e. The fraction of sp³-hybridized carbons (Fsp3) is 0.216. The molecule has 54 heavy (non-hydrogen) atoms. The number of hydrogen-bond acceptors (Lipinski definition) is 3. The Balaban J connectivity index is 0.00000245. The Morgan fingerprint density at radius 3 is 2.31 bits per heavy atom. The number of fused-ring (bicyclic) bond motifs is 4. The second kappa shape index (κ2) is 18.8. The predicted octanol–water partition coefficient (Wildman–Crippen LogP) is 12.3. The van der Waals surface area contributed by atoms with Gasteiger partial charge in [0.1, 0.15) is 0 Å². The first-order valence-corrected chi connectivity index (χ1v) is 19.6. The minimum absolute atomic E-state index is 0.178. The van der Waals surface area contributed by atoms with E-state index >= 15 is 0 Å². The molecule has 4 aromatic rings. The van der Waals surface area contributed by atoms with E-state index in [1.807, 2.05) is 32.0 Å². The number of nitrogens with two attached hydrogens (primary N) is 1. The third kappa shape index (κ3) is 9.22. The average Bonchev–Trinajstić information content (AvgIpc) is 3.27. The lowest BCUT2D eigenvalue weighted by atomic mass is 9.87. The van der Waals surface area contributed by atoms with E-state index in [0.717, 1.165) is 61.3 Å². The van der Waals surface area contributed by atoms with Crippen LogP contribution in [0, 0.1) is 11.8 Å². The Hall–Kier alpha value is -5.80. The van der Waals surface area contributed by atoms with Gasteiger partial charge in [-0.1, -0.05) is 166 Å². The Morgan fingerprint density at radius 1 is 0.852 bits per heavy atom. The van der Waals surface area contributed by atoms with Gasteiger partial charge in [0.15, 0.2) is 0 Å². The lowest BCUT2D eigenvalue weighted by Gasteiger charge is -2.32. The molecular weight excluding hydrogens is 655 g/mol. The maximum absolute atomic E-state index is 6.87. The van der Waals surface area contributed by atoms with Crippen LogP contribution in [0.15, 0.2) is 194 Å². The molecule has 4 aromatic carbocycles. The van der Waals surface area contributed by atoms with Crippen LogP contribution in [-0.4, -0.2) is 13.1 Å². The number of para-hydroxylation sites is 1. The van der Waals surface area contributed by atoms with Gasteiger partial charge in [0.05, 0.1) is 0 Å². The summed E-state index contributed by atoms with van der Waals surface area (Å²) in [6.07, 6.45) is 26.1. The number of aryl methyl sites for hydroxylation is 1. The molecule has 1 aliphatic carbocycles. The van der Waals surface area contributed by atoms with Crippen molar-refractivity contribution < 1.29 is 0 Å². The van der Waals surface area contributed by atoms with Crippen LogP contribution < -0.4 is 15.5 Å². The topological polar surface area (TPSA) is 32.5 Å². The lowest BCUT2D eigenvalue weighted by molar-refractivity contribution is 0.629. The fourth-order valence-corrected chi connectivity index (χ4v) is 7.72. The summed E-state index contributed by atoms with van der Waals surface area (Å²) in [5.41, 5.74) is 20.0. The summed E-state index contributed by atoms with van der Waals surface area (Å²) < 4.78 is 0. The van der Waals surface area contributed by atoms with Crippen molar-refractivity contribution in [2.45, 2.75) is 46.5 Å². The summed E-state index contributed by atoms with van der Waals surface area (Å²) in [6, 6.07) is 38.9. The van der Waals surface area contributed by atoms with E-state index in [0.29, 0.717) is 5.92 Å². The molecule has 3 nitrogen and oxygen atoms in total. The van der Waals surface area contributed by atoms with Crippen molar-refractivity contribution in [2.24, 2.45) is 17.6 Å². The summed E-state index contributed by atoms with van der Waals surface area (Å²) in [6.45, 7) is 12.5. The van der Waals surface area contributed by atoms with Crippen molar-refractivity contribution >= 4 is 22.6 Å². The molecule has 2 N–H and O–H groups in total. The van der Waals surface area contributed by atoms with Gasteiger partial charge in [-0.05, 0) is 90.6 Å². The third-order valence-electron chi connectivity index (χ3n) is 10.4. The highest BCUT2D eigenvalue weighted by Crippen LogP contribution is 2.42. The zero-order valence-corrected chi connectivity index (χ0v) is 32.2. The molecule has 0 radical (unpaired) electrons. The minimum Gasteiger partial charge on any atom is -0.398 e. The van der Waals surface area contributed by atoms with Gasteiger partial charge in [-0.3, -0.25) is 0 Å². The van der Waals surface area contributed by atoms with E-state index in [-0.39, 0.29) is 5.92 Å². The van der Waals surface area contributed by atoms with E-state index in [2.05, 4.69) is 175 Å². The Labute approximate surface area is 324 Å². The van der Waals surface area contributed by atoms with Gasteiger partial charge >= 0.3 is 0 Å². The quantitative estimate of drug-likeness (QED) is 0.176. The molecule has 0 saturated carbocycles. The van der Waals surface area contributed by atoms with Crippen molar-refractivity contribution in [3.05, 3.63) is 216 Å². The van der Waals surface area contributed by atoms with Crippen LogP contribution in [0.3, 0.4) is 0 Å². The predicted molar refractivity (Wildman–Crippen MR) is 234 cm³/mol. The van der Waals surface area contributed by atoms with Crippen molar-refractivity contribution in [1.82, 2.24) is 0 Å². The smallest absolute Gasteiger partial charge is 0.0490 e. The van der Waals surface area contributed by atoms with E-state index in [1.54, 1.807) is 0 Å². The van der Waals surface area contributed by atoms with E-state index in [9.17, 15) is 0 Å². The molecule has 3 aliphatic rings. The first-order valence-electron chi connectivity index (χ1n) is 19.6. The number of hydrogen-bond donors (Lipinski definition) is 1. The number of allylic oxidation sites excluding steroid dienone is 10. The maximum atomic E-state index is 6.87. The molecule has 3 heteroatoms. The lowest BCUT2D eigenvalue weighted by Crippen LogP contribution is -2.28. The molecule has 274 valence electrons. The monoisotopic (exact) mass is 709 g/mol.